The molecule has 0 aromatic carbocycles. The van der Waals surface area contributed by atoms with Crippen molar-refractivity contribution in [2.75, 3.05) is 6.54 Å². The molecule has 1 unspecified atom stereocenters. The Morgan fingerprint density at radius 2 is 2.00 bits per heavy atom. The summed E-state index contributed by atoms with van der Waals surface area (Å²) < 4.78 is 0. The summed E-state index contributed by atoms with van der Waals surface area (Å²) in [5.74, 6) is 0.742. The highest BCUT2D eigenvalue weighted by Gasteiger charge is 2.05. The lowest BCUT2D eigenvalue weighted by Crippen LogP contribution is -2.40. The lowest BCUT2D eigenvalue weighted by Gasteiger charge is -2.14. The van der Waals surface area contributed by atoms with Crippen LogP contribution in [0.4, 0.5) is 4.79 Å². The van der Waals surface area contributed by atoms with Gasteiger partial charge in [-0.2, -0.15) is 0 Å². The zero-order valence-corrected chi connectivity index (χ0v) is 10.2. The first-order chi connectivity index (χ1) is 7.06. The van der Waals surface area contributed by atoms with Gasteiger partial charge >= 0.3 is 6.03 Å². The standard InChI is InChI=1S/C12H24N2O/c1-5-9-13-12(15)14-11(4)8-6-7-10(2)3/h5,10-11H,1,6-9H2,2-4H3,(H2,13,14,15). The third kappa shape index (κ3) is 9.32. The van der Waals surface area contributed by atoms with E-state index in [4.69, 9.17) is 0 Å². The summed E-state index contributed by atoms with van der Waals surface area (Å²) >= 11 is 0. The molecule has 0 aliphatic heterocycles. The van der Waals surface area contributed by atoms with Crippen LogP contribution in [0.2, 0.25) is 0 Å². The molecule has 0 spiro atoms. The van der Waals surface area contributed by atoms with Crippen LogP contribution >= 0.6 is 0 Å². The molecule has 2 amide bonds. The molecule has 0 heterocycles. The maximum absolute atomic E-state index is 11.2. The Morgan fingerprint density at radius 1 is 1.33 bits per heavy atom. The maximum atomic E-state index is 11.2. The molecule has 15 heavy (non-hydrogen) atoms. The average Bonchev–Trinajstić information content (AvgIpc) is 2.14. The molecule has 0 bridgehead atoms. The lowest BCUT2D eigenvalue weighted by atomic mass is 10.0. The Morgan fingerprint density at radius 3 is 2.53 bits per heavy atom. The first kappa shape index (κ1) is 14.0. The highest BCUT2D eigenvalue weighted by atomic mass is 16.2. The largest absolute Gasteiger partial charge is 0.336 e. The molecule has 3 nitrogen and oxygen atoms in total. The topological polar surface area (TPSA) is 41.1 Å². The summed E-state index contributed by atoms with van der Waals surface area (Å²) in [6.07, 6.45) is 5.10. The first-order valence-corrected chi connectivity index (χ1v) is 5.71. The van der Waals surface area contributed by atoms with Crippen molar-refractivity contribution < 1.29 is 4.79 Å². The second-order valence-corrected chi connectivity index (χ2v) is 4.37. The third-order valence-electron chi connectivity index (χ3n) is 2.20. The van der Waals surface area contributed by atoms with E-state index in [9.17, 15) is 4.79 Å². The zero-order valence-electron chi connectivity index (χ0n) is 10.2. The Hall–Kier alpha value is -0.990. The summed E-state index contributed by atoms with van der Waals surface area (Å²) in [5, 5.41) is 5.58. The molecule has 3 heteroatoms. The normalized spacial score (nSPS) is 12.3. The minimum absolute atomic E-state index is 0.105. The Balaban J connectivity index is 3.50. The van der Waals surface area contributed by atoms with Gasteiger partial charge in [-0.1, -0.05) is 32.8 Å². The van der Waals surface area contributed by atoms with Crippen LogP contribution in [-0.2, 0) is 0 Å². The molecular weight excluding hydrogens is 188 g/mol. The van der Waals surface area contributed by atoms with E-state index in [-0.39, 0.29) is 12.1 Å². The van der Waals surface area contributed by atoms with Crippen LogP contribution in [0.1, 0.15) is 40.0 Å². The monoisotopic (exact) mass is 212 g/mol. The van der Waals surface area contributed by atoms with Crippen LogP contribution in [0, 0.1) is 5.92 Å². The van der Waals surface area contributed by atoms with Crippen molar-refractivity contribution in [3.05, 3.63) is 12.7 Å². The van der Waals surface area contributed by atoms with Gasteiger partial charge in [-0.25, -0.2) is 4.79 Å². The zero-order chi connectivity index (χ0) is 11.7. The van der Waals surface area contributed by atoms with Crippen molar-refractivity contribution in [3.63, 3.8) is 0 Å². The number of nitrogens with one attached hydrogen (secondary N) is 2. The summed E-state index contributed by atoms with van der Waals surface area (Å²) in [6, 6.07) is 0.139. The van der Waals surface area contributed by atoms with Gasteiger partial charge in [0.1, 0.15) is 0 Å². The number of rotatable bonds is 7. The molecule has 0 aliphatic carbocycles. The molecule has 0 aromatic rings. The number of carbonyl (C=O) groups is 1. The molecule has 0 aromatic heterocycles. The van der Waals surface area contributed by atoms with E-state index >= 15 is 0 Å². The minimum atomic E-state index is -0.105. The van der Waals surface area contributed by atoms with E-state index < -0.39 is 0 Å². The van der Waals surface area contributed by atoms with E-state index in [2.05, 4.69) is 31.1 Å². The number of carbonyl (C=O) groups excluding carboxylic acids is 1. The van der Waals surface area contributed by atoms with Gasteiger partial charge in [0.15, 0.2) is 0 Å². The number of hydrogen-bond donors (Lipinski definition) is 2. The van der Waals surface area contributed by atoms with Crippen molar-refractivity contribution in [3.8, 4) is 0 Å². The molecule has 0 aliphatic rings. The smallest absolute Gasteiger partial charge is 0.315 e. The number of amides is 2. The number of hydrogen-bond acceptors (Lipinski definition) is 1. The summed E-state index contributed by atoms with van der Waals surface area (Å²) in [4.78, 5) is 11.2. The van der Waals surface area contributed by atoms with E-state index in [1.165, 1.54) is 12.8 Å². The van der Waals surface area contributed by atoms with E-state index in [0.717, 1.165) is 12.3 Å². The summed E-state index contributed by atoms with van der Waals surface area (Å²) in [5.41, 5.74) is 0. The van der Waals surface area contributed by atoms with Crippen LogP contribution in [0.25, 0.3) is 0 Å². The quantitative estimate of drug-likeness (QED) is 0.626. The Labute approximate surface area is 93.3 Å². The molecule has 0 radical (unpaired) electrons. The third-order valence-corrected chi connectivity index (χ3v) is 2.20. The van der Waals surface area contributed by atoms with Gasteiger partial charge in [-0.15, -0.1) is 6.58 Å². The molecule has 1 atom stereocenters. The summed E-state index contributed by atoms with van der Waals surface area (Å²) in [6.45, 7) is 10.5. The first-order valence-electron chi connectivity index (χ1n) is 5.71. The van der Waals surface area contributed by atoms with Crippen LogP contribution in [0.5, 0.6) is 0 Å². The molecule has 0 saturated carbocycles. The van der Waals surface area contributed by atoms with E-state index in [1.54, 1.807) is 6.08 Å². The summed E-state index contributed by atoms with van der Waals surface area (Å²) in [7, 11) is 0. The van der Waals surface area contributed by atoms with Crippen molar-refractivity contribution in [2.24, 2.45) is 5.92 Å². The molecule has 2 N–H and O–H groups in total. The average molecular weight is 212 g/mol. The predicted octanol–water partition coefficient (Wildman–Crippen LogP) is 2.69. The minimum Gasteiger partial charge on any atom is -0.336 e. The van der Waals surface area contributed by atoms with Gasteiger partial charge in [-0.05, 0) is 19.3 Å². The molecule has 0 saturated heterocycles. The molecular formula is C12H24N2O. The molecule has 0 rings (SSSR count). The van der Waals surface area contributed by atoms with Crippen LogP contribution in [0.3, 0.4) is 0 Å². The SMILES string of the molecule is C=CCNC(=O)NC(C)CCCC(C)C. The second-order valence-electron chi connectivity index (χ2n) is 4.37. The Kier molecular flexibility index (Phi) is 7.78. The van der Waals surface area contributed by atoms with Crippen molar-refractivity contribution in [2.45, 2.75) is 46.1 Å². The fourth-order valence-electron chi connectivity index (χ4n) is 1.34. The fraction of sp³-hybridized carbons (Fsp3) is 0.750. The Bertz CT molecular complexity index is 190. The van der Waals surface area contributed by atoms with Crippen LogP contribution in [0.15, 0.2) is 12.7 Å². The van der Waals surface area contributed by atoms with Crippen LogP contribution in [-0.4, -0.2) is 18.6 Å². The second kappa shape index (κ2) is 8.33. The van der Waals surface area contributed by atoms with Gasteiger partial charge in [0, 0.05) is 12.6 Å². The predicted molar refractivity (Wildman–Crippen MR) is 64.9 cm³/mol. The van der Waals surface area contributed by atoms with Crippen molar-refractivity contribution in [1.29, 1.82) is 0 Å². The molecule has 88 valence electrons. The maximum Gasteiger partial charge on any atom is 0.315 e. The van der Waals surface area contributed by atoms with Gasteiger partial charge < -0.3 is 10.6 Å². The van der Waals surface area contributed by atoms with Gasteiger partial charge in [0.05, 0.1) is 0 Å². The highest BCUT2D eigenvalue weighted by Crippen LogP contribution is 2.07. The van der Waals surface area contributed by atoms with Crippen LogP contribution < -0.4 is 10.6 Å². The lowest BCUT2D eigenvalue weighted by molar-refractivity contribution is 0.238. The highest BCUT2D eigenvalue weighted by molar-refractivity contribution is 5.74. The van der Waals surface area contributed by atoms with Gasteiger partial charge in [-0.3, -0.25) is 0 Å². The molecule has 0 fully saturated rings. The van der Waals surface area contributed by atoms with E-state index in [1.807, 2.05) is 6.92 Å². The number of urea groups is 1. The van der Waals surface area contributed by atoms with Gasteiger partial charge in [0.2, 0.25) is 0 Å². The fourth-order valence-corrected chi connectivity index (χ4v) is 1.34. The van der Waals surface area contributed by atoms with Crippen molar-refractivity contribution in [1.82, 2.24) is 10.6 Å². The van der Waals surface area contributed by atoms with Crippen molar-refractivity contribution >= 4 is 6.03 Å². The van der Waals surface area contributed by atoms with Gasteiger partial charge in [0.25, 0.3) is 0 Å². The van der Waals surface area contributed by atoms with E-state index in [0.29, 0.717) is 6.54 Å².